The minimum absolute atomic E-state index is 0.298. The van der Waals surface area contributed by atoms with Crippen LogP contribution in [0.4, 0.5) is 0 Å². The molecule has 16 heavy (non-hydrogen) atoms. The van der Waals surface area contributed by atoms with Gasteiger partial charge in [-0.1, -0.05) is 44.9 Å². The number of benzene rings is 1. The van der Waals surface area contributed by atoms with E-state index in [0.717, 1.165) is 25.7 Å². The molecule has 0 aliphatic rings. The van der Waals surface area contributed by atoms with Gasteiger partial charge in [-0.2, -0.15) is 0 Å². The van der Waals surface area contributed by atoms with Gasteiger partial charge < -0.3 is 5.11 Å². The second kappa shape index (κ2) is 7.45. The highest BCUT2D eigenvalue weighted by Crippen LogP contribution is 2.20. The Morgan fingerprint density at radius 1 is 0.938 bits per heavy atom. The Hall–Kier alpha value is -0.820. The van der Waals surface area contributed by atoms with E-state index in [1.807, 2.05) is 0 Å². The minimum atomic E-state index is 0.298. The molecular formula is C15H24O. The molecule has 0 spiro atoms. The van der Waals surface area contributed by atoms with Crippen molar-refractivity contribution in [1.82, 2.24) is 0 Å². The quantitative estimate of drug-likeness (QED) is 0.745. The van der Waals surface area contributed by atoms with E-state index in [9.17, 15) is 0 Å². The summed E-state index contributed by atoms with van der Waals surface area (Å²) in [6.07, 6.45) is 6.64. The van der Waals surface area contributed by atoms with Crippen LogP contribution >= 0.6 is 0 Å². The van der Waals surface area contributed by atoms with Crippen LogP contribution in [0.25, 0.3) is 0 Å². The van der Waals surface area contributed by atoms with Crippen LogP contribution in [0.3, 0.4) is 0 Å². The van der Waals surface area contributed by atoms with Crippen LogP contribution < -0.4 is 0 Å². The highest BCUT2D eigenvalue weighted by molar-refractivity contribution is 5.35. The summed E-state index contributed by atoms with van der Waals surface area (Å²) in [4.78, 5) is 0. The molecule has 1 aromatic rings. The van der Waals surface area contributed by atoms with Crippen LogP contribution in [0, 0.1) is 0 Å². The van der Waals surface area contributed by atoms with Crippen LogP contribution in [-0.4, -0.2) is 11.7 Å². The molecule has 0 unspecified atom stereocenters. The Balaban J connectivity index is 2.92. The maximum absolute atomic E-state index is 8.97. The average Bonchev–Trinajstić information content (AvgIpc) is 2.29. The molecule has 1 N–H and O–H groups in total. The third kappa shape index (κ3) is 3.64. The monoisotopic (exact) mass is 220 g/mol. The van der Waals surface area contributed by atoms with E-state index in [1.165, 1.54) is 29.5 Å². The Kier molecular flexibility index (Phi) is 6.17. The molecule has 0 saturated heterocycles. The Labute approximate surface area is 99.5 Å². The molecule has 1 heteroatoms. The van der Waals surface area contributed by atoms with Gasteiger partial charge in [-0.25, -0.2) is 0 Å². The van der Waals surface area contributed by atoms with Gasteiger partial charge in [-0.15, -0.1) is 0 Å². The normalized spacial score (nSPS) is 10.7. The summed E-state index contributed by atoms with van der Waals surface area (Å²) in [6.45, 7) is 4.75. The first-order valence-electron chi connectivity index (χ1n) is 6.54. The van der Waals surface area contributed by atoms with Crippen molar-refractivity contribution in [2.75, 3.05) is 6.61 Å². The molecular weight excluding hydrogens is 196 g/mol. The second-order valence-electron chi connectivity index (χ2n) is 4.38. The zero-order chi connectivity index (χ0) is 11.8. The molecule has 0 heterocycles. The van der Waals surface area contributed by atoms with Gasteiger partial charge in [0.2, 0.25) is 0 Å². The average molecular weight is 220 g/mol. The SMILES string of the molecule is CCCc1cccc(CCC)c1CCCO. The van der Waals surface area contributed by atoms with Gasteiger partial charge in [0.05, 0.1) is 0 Å². The van der Waals surface area contributed by atoms with E-state index in [2.05, 4.69) is 32.0 Å². The van der Waals surface area contributed by atoms with Gasteiger partial charge in [-0.3, -0.25) is 0 Å². The molecule has 1 rings (SSSR count). The number of hydrogen-bond acceptors (Lipinski definition) is 1. The molecule has 0 radical (unpaired) electrons. The fourth-order valence-electron chi connectivity index (χ4n) is 2.27. The molecule has 1 aromatic carbocycles. The Morgan fingerprint density at radius 3 is 1.94 bits per heavy atom. The number of aliphatic hydroxyl groups excluding tert-OH is 1. The molecule has 0 aliphatic carbocycles. The van der Waals surface area contributed by atoms with Gasteiger partial charge in [0, 0.05) is 6.61 Å². The lowest BCUT2D eigenvalue weighted by atomic mass is 9.92. The summed E-state index contributed by atoms with van der Waals surface area (Å²) < 4.78 is 0. The van der Waals surface area contributed by atoms with E-state index in [-0.39, 0.29) is 0 Å². The molecule has 0 bridgehead atoms. The molecule has 90 valence electrons. The van der Waals surface area contributed by atoms with Crippen molar-refractivity contribution in [1.29, 1.82) is 0 Å². The Bertz CT molecular complexity index is 280. The van der Waals surface area contributed by atoms with Gasteiger partial charge >= 0.3 is 0 Å². The molecule has 0 amide bonds. The summed E-state index contributed by atoms with van der Waals surface area (Å²) in [5, 5.41) is 8.97. The summed E-state index contributed by atoms with van der Waals surface area (Å²) in [5.41, 5.74) is 4.48. The lowest BCUT2D eigenvalue weighted by Crippen LogP contribution is -2.02. The van der Waals surface area contributed by atoms with Crippen molar-refractivity contribution < 1.29 is 5.11 Å². The molecule has 1 nitrogen and oxygen atoms in total. The van der Waals surface area contributed by atoms with Gasteiger partial charge in [0.1, 0.15) is 0 Å². The van der Waals surface area contributed by atoms with Crippen molar-refractivity contribution in [2.45, 2.75) is 52.4 Å². The van der Waals surface area contributed by atoms with Crippen LogP contribution in [0.5, 0.6) is 0 Å². The van der Waals surface area contributed by atoms with E-state index in [4.69, 9.17) is 5.11 Å². The highest BCUT2D eigenvalue weighted by atomic mass is 16.2. The first-order chi connectivity index (χ1) is 7.83. The van der Waals surface area contributed by atoms with Crippen LogP contribution in [0.1, 0.15) is 49.8 Å². The van der Waals surface area contributed by atoms with Crippen LogP contribution in [0.2, 0.25) is 0 Å². The summed E-state index contributed by atoms with van der Waals surface area (Å²) >= 11 is 0. The predicted molar refractivity (Wildman–Crippen MR) is 69.8 cm³/mol. The predicted octanol–water partition coefficient (Wildman–Crippen LogP) is 3.52. The highest BCUT2D eigenvalue weighted by Gasteiger charge is 2.06. The summed E-state index contributed by atoms with van der Waals surface area (Å²) in [5.74, 6) is 0. The molecule has 0 aliphatic heterocycles. The fourth-order valence-corrected chi connectivity index (χ4v) is 2.27. The maximum Gasteiger partial charge on any atom is 0.0434 e. The Morgan fingerprint density at radius 2 is 1.50 bits per heavy atom. The van der Waals surface area contributed by atoms with Gasteiger partial charge in [0.15, 0.2) is 0 Å². The third-order valence-electron chi connectivity index (χ3n) is 2.99. The maximum atomic E-state index is 8.97. The van der Waals surface area contributed by atoms with Gasteiger partial charge in [-0.05, 0) is 42.4 Å². The van der Waals surface area contributed by atoms with Crippen molar-refractivity contribution in [3.05, 3.63) is 34.9 Å². The summed E-state index contributed by atoms with van der Waals surface area (Å²) in [7, 11) is 0. The first kappa shape index (κ1) is 13.2. The van der Waals surface area contributed by atoms with Crippen molar-refractivity contribution in [3.8, 4) is 0 Å². The number of aliphatic hydroxyl groups is 1. The second-order valence-corrected chi connectivity index (χ2v) is 4.38. The number of rotatable bonds is 7. The van der Waals surface area contributed by atoms with Gasteiger partial charge in [0.25, 0.3) is 0 Å². The number of aryl methyl sites for hydroxylation is 2. The molecule has 0 saturated carbocycles. The van der Waals surface area contributed by atoms with E-state index < -0.39 is 0 Å². The minimum Gasteiger partial charge on any atom is -0.396 e. The van der Waals surface area contributed by atoms with Crippen molar-refractivity contribution >= 4 is 0 Å². The standard InChI is InChI=1S/C15H24O/c1-3-7-13-9-5-10-14(8-4-2)15(13)11-6-12-16/h5,9-10,16H,3-4,6-8,11-12H2,1-2H3. The van der Waals surface area contributed by atoms with Crippen molar-refractivity contribution in [2.24, 2.45) is 0 Å². The largest absolute Gasteiger partial charge is 0.396 e. The molecule has 0 atom stereocenters. The zero-order valence-electron chi connectivity index (χ0n) is 10.6. The smallest absolute Gasteiger partial charge is 0.0434 e. The zero-order valence-corrected chi connectivity index (χ0v) is 10.6. The lowest BCUT2D eigenvalue weighted by molar-refractivity contribution is 0.288. The molecule has 0 aromatic heterocycles. The first-order valence-corrected chi connectivity index (χ1v) is 6.54. The van der Waals surface area contributed by atoms with Crippen molar-refractivity contribution in [3.63, 3.8) is 0 Å². The van der Waals surface area contributed by atoms with Crippen LogP contribution in [0.15, 0.2) is 18.2 Å². The fraction of sp³-hybridized carbons (Fsp3) is 0.600. The van der Waals surface area contributed by atoms with E-state index in [1.54, 1.807) is 0 Å². The lowest BCUT2D eigenvalue weighted by Gasteiger charge is -2.13. The summed E-state index contributed by atoms with van der Waals surface area (Å²) in [6, 6.07) is 6.67. The van der Waals surface area contributed by atoms with Crippen LogP contribution in [-0.2, 0) is 19.3 Å². The molecule has 0 fully saturated rings. The topological polar surface area (TPSA) is 20.2 Å². The van der Waals surface area contributed by atoms with E-state index in [0.29, 0.717) is 6.61 Å². The number of hydrogen-bond donors (Lipinski definition) is 1. The third-order valence-corrected chi connectivity index (χ3v) is 2.99. The van der Waals surface area contributed by atoms with E-state index >= 15 is 0 Å².